The van der Waals surface area contributed by atoms with Crippen molar-refractivity contribution in [2.45, 2.75) is 19.1 Å². The monoisotopic (exact) mass is 354 g/mol. The fourth-order valence-corrected chi connectivity index (χ4v) is 2.67. The maximum atomic E-state index is 12.1. The second-order valence-corrected chi connectivity index (χ2v) is 6.10. The van der Waals surface area contributed by atoms with Gasteiger partial charge in [-0.1, -0.05) is 30.0 Å². The highest BCUT2D eigenvalue weighted by Crippen LogP contribution is 2.26. The van der Waals surface area contributed by atoms with Crippen molar-refractivity contribution in [3.05, 3.63) is 47.2 Å². The number of benzene rings is 1. The van der Waals surface area contributed by atoms with Crippen LogP contribution in [0.2, 0.25) is 0 Å². The molecular formula is C17H14N4O3S. The summed E-state index contributed by atoms with van der Waals surface area (Å²) in [5, 5.41) is 19.9. The van der Waals surface area contributed by atoms with Gasteiger partial charge >= 0.3 is 0 Å². The van der Waals surface area contributed by atoms with Crippen molar-refractivity contribution in [1.29, 1.82) is 5.26 Å². The first-order valence-electron chi connectivity index (χ1n) is 7.40. The van der Waals surface area contributed by atoms with E-state index in [4.69, 9.17) is 14.1 Å². The Morgan fingerprint density at radius 3 is 2.72 bits per heavy atom. The van der Waals surface area contributed by atoms with Crippen molar-refractivity contribution in [3.63, 3.8) is 0 Å². The second-order valence-electron chi connectivity index (χ2n) is 5.18. The molecule has 1 amide bonds. The summed E-state index contributed by atoms with van der Waals surface area (Å²) in [6, 6.07) is 11.4. The van der Waals surface area contributed by atoms with Gasteiger partial charge in [-0.2, -0.15) is 5.26 Å². The number of aryl methyl sites for hydroxylation is 1. The SMILES string of the molecule is Cc1oc(NC(=O)CSc2nnc(-c3ccccc3)o2)c(C#N)c1C. The number of hydrogen-bond acceptors (Lipinski definition) is 7. The van der Waals surface area contributed by atoms with Gasteiger partial charge in [0.15, 0.2) is 0 Å². The molecule has 3 aromatic rings. The molecule has 0 saturated heterocycles. The lowest BCUT2D eigenvalue weighted by molar-refractivity contribution is -0.113. The highest BCUT2D eigenvalue weighted by molar-refractivity contribution is 7.99. The van der Waals surface area contributed by atoms with Crippen LogP contribution < -0.4 is 5.32 Å². The van der Waals surface area contributed by atoms with Crippen LogP contribution in [0.5, 0.6) is 0 Å². The maximum Gasteiger partial charge on any atom is 0.277 e. The number of aromatic nitrogens is 2. The molecule has 0 atom stereocenters. The van der Waals surface area contributed by atoms with Crippen LogP contribution in [0.25, 0.3) is 11.5 Å². The zero-order valence-corrected chi connectivity index (χ0v) is 14.4. The zero-order chi connectivity index (χ0) is 17.8. The number of nitrogens with one attached hydrogen (secondary N) is 1. The number of rotatable bonds is 5. The standard InChI is InChI=1S/C17H14N4O3S/c1-10-11(2)23-16(13(10)8-18)19-14(22)9-25-17-21-20-15(24-17)12-6-4-3-5-7-12/h3-7H,9H2,1-2H3,(H,19,22). The largest absolute Gasteiger partial charge is 0.444 e. The Morgan fingerprint density at radius 1 is 1.24 bits per heavy atom. The van der Waals surface area contributed by atoms with Gasteiger partial charge in [-0.3, -0.25) is 10.1 Å². The third-order valence-corrected chi connectivity index (χ3v) is 4.32. The molecule has 1 N–H and O–H groups in total. The predicted octanol–water partition coefficient (Wildman–Crippen LogP) is 3.55. The topological polar surface area (TPSA) is 105 Å². The fraction of sp³-hybridized carbons (Fsp3) is 0.176. The Bertz CT molecular complexity index is 941. The highest BCUT2D eigenvalue weighted by Gasteiger charge is 2.17. The van der Waals surface area contributed by atoms with Gasteiger partial charge in [0.25, 0.3) is 5.22 Å². The van der Waals surface area contributed by atoms with Crippen molar-refractivity contribution in [3.8, 4) is 17.5 Å². The molecule has 2 heterocycles. The summed E-state index contributed by atoms with van der Waals surface area (Å²) in [4.78, 5) is 12.1. The number of carbonyl (C=O) groups excluding carboxylic acids is 1. The Balaban J connectivity index is 1.61. The summed E-state index contributed by atoms with van der Waals surface area (Å²) in [5.74, 6) is 0.893. The van der Waals surface area contributed by atoms with Gasteiger partial charge in [0.2, 0.25) is 17.7 Å². The predicted molar refractivity (Wildman–Crippen MR) is 92.0 cm³/mol. The molecule has 7 nitrogen and oxygen atoms in total. The highest BCUT2D eigenvalue weighted by atomic mass is 32.2. The Labute approximate surface area is 148 Å². The molecule has 0 fully saturated rings. The normalized spacial score (nSPS) is 10.4. The smallest absolute Gasteiger partial charge is 0.277 e. The van der Waals surface area contributed by atoms with Gasteiger partial charge in [-0.05, 0) is 26.0 Å². The van der Waals surface area contributed by atoms with Crippen molar-refractivity contribution < 1.29 is 13.6 Å². The molecule has 126 valence electrons. The summed E-state index contributed by atoms with van der Waals surface area (Å²) >= 11 is 1.11. The van der Waals surface area contributed by atoms with Gasteiger partial charge in [-0.25, -0.2) is 0 Å². The third-order valence-electron chi connectivity index (χ3n) is 3.50. The quantitative estimate of drug-likeness (QED) is 0.698. The van der Waals surface area contributed by atoms with Crippen LogP contribution in [0.1, 0.15) is 16.9 Å². The summed E-state index contributed by atoms with van der Waals surface area (Å²) < 4.78 is 10.9. The maximum absolute atomic E-state index is 12.1. The van der Waals surface area contributed by atoms with E-state index in [0.717, 1.165) is 22.9 Å². The fourth-order valence-electron chi connectivity index (χ4n) is 2.11. The van der Waals surface area contributed by atoms with Crippen LogP contribution in [0.15, 0.2) is 44.4 Å². The summed E-state index contributed by atoms with van der Waals surface area (Å²) in [6.45, 7) is 3.51. The Kier molecular flexibility index (Phi) is 4.86. The molecule has 1 aromatic carbocycles. The average molecular weight is 354 g/mol. The summed E-state index contributed by atoms with van der Waals surface area (Å²) in [6.07, 6.45) is 0. The number of amides is 1. The van der Waals surface area contributed by atoms with E-state index in [2.05, 4.69) is 15.5 Å². The van der Waals surface area contributed by atoms with E-state index < -0.39 is 0 Å². The van der Waals surface area contributed by atoms with Gasteiger partial charge < -0.3 is 8.83 Å². The second kappa shape index (κ2) is 7.23. The van der Waals surface area contributed by atoms with Crippen LogP contribution in [0, 0.1) is 25.2 Å². The molecule has 0 saturated carbocycles. The minimum atomic E-state index is -0.324. The molecule has 0 bridgehead atoms. The summed E-state index contributed by atoms with van der Waals surface area (Å²) in [5.41, 5.74) is 1.86. The lowest BCUT2D eigenvalue weighted by atomic mass is 10.2. The number of thioether (sulfide) groups is 1. The van der Waals surface area contributed by atoms with Crippen LogP contribution in [0.3, 0.4) is 0 Å². The summed E-state index contributed by atoms with van der Waals surface area (Å²) in [7, 11) is 0. The lowest BCUT2D eigenvalue weighted by Gasteiger charge is -2.00. The van der Waals surface area contributed by atoms with Crippen LogP contribution in [-0.2, 0) is 4.79 Å². The Morgan fingerprint density at radius 2 is 2.00 bits per heavy atom. The minimum Gasteiger partial charge on any atom is -0.444 e. The van der Waals surface area contributed by atoms with Crippen molar-refractivity contribution in [2.75, 3.05) is 11.1 Å². The first kappa shape index (κ1) is 16.8. The van der Waals surface area contributed by atoms with Crippen molar-refractivity contribution in [1.82, 2.24) is 10.2 Å². The van der Waals surface area contributed by atoms with E-state index in [1.165, 1.54) is 0 Å². The first-order chi connectivity index (χ1) is 12.1. The zero-order valence-electron chi connectivity index (χ0n) is 13.6. The van der Waals surface area contributed by atoms with E-state index in [-0.39, 0.29) is 17.5 Å². The van der Waals surface area contributed by atoms with Gasteiger partial charge in [0.1, 0.15) is 17.4 Å². The average Bonchev–Trinajstić information content (AvgIpc) is 3.19. The minimum absolute atomic E-state index is 0.0556. The number of furan rings is 1. The van der Waals surface area contributed by atoms with Crippen LogP contribution in [-0.4, -0.2) is 21.9 Å². The number of nitrogens with zero attached hydrogens (tertiary/aromatic N) is 3. The van der Waals surface area contributed by atoms with Crippen LogP contribution in [0.4, 0.5) is 5.88 Å². The van der Waals surface area contributed by atoms with E-state index in [1.807, 2.05) is 36.4 Å². The number of nitriles is 1. The van der Waals surface area contributed by atoms with Gasteiger partial charge in [-0.15, -0.1) is 10.2 Å². The molecular weight excluding hydrogens is 340 g/mol. The van der Waals surface area contributed by atoms with Crippen molar-refractivity contribution in [2.24, 2.45) is 0 Å². The molecule has 0 spiro atoms. The van der Waals surface area contributed by atoms with Gasteiger partial charge in [0.05, 0.1) is 5.75 Å². The molecule has 8 heteroatoms. The van der Waals surface area contributed by atoms with Gasteiger partial charge in [0, 0.05) is 11.1 Å². The van der Waals surface area contributed by atoms with Crippen LogP contribution >= 0.6 is 11.8 Å². The number of hydrogen-bond donors (Lipinski definition) is 1. The van der Waals surface area contributed by atoms with E-state index in [0.29, 0.717) is 22.4 Å². The molecule has 0 aliphatic rings. The van der Waals surface area contributed by atoms with E-state index in [1.54, 1.807) is 13.8 Å². The molecule has 0 aliphatic heterocycles. The third kappa shape index (κ3) is 3.72. The lowest BCUT2D eigenvalue weighted by Crippen LogP contribution is -2.14. The van der Waals surface area contributed by atoms with E-state index >= 15 is 0 Å². The number of carbonyl (C=O) groups is 1. The molecule has 2 aromatic heterocycles. The first-order valence-corrected chi connectivity index (χ1v) is 8.38. The molecule has 3 rings (SSSR count). The molecule has 0 radical (unpaired) electrons. The van der Waals surface area contributed by atoms with E-state index in [9.17, 15) is 4.79 Å². The number of anilines is 1. The molecule has 0 aliphatic carbocycles. The Hall–Kier alpha value is -3.05. The van der Waals surface area contributed by atoms with Crippen molar-refractivity contribution >= 4 is 23.6 Å². The molecule has 25 heavy (non-hydrogen) atoms. The molecule has 0 unspecified atom stereocenters.